The van der Waals surface area contributed by atoms with Crippen molar-refractivity contribution in [3.8, 4) is 0 Å². The van der Waals surface area contributed by atoms with Gasteiger partial charge in [0.05, 0.1) is 5.54 Å². The number of halogens is 1. The number of carbonyl (C=O) groups is 1. The van der Waals surface area contributed by atoms with E-state index in [-0.39, 0.29) is 11.8 Å². The van der Waals surface area contributed by atoms with Gasteiger partial charge in [-0.15, -0.1) is 0 Å². The van der Waals surface area contributed by atoms with Gasteiger partial charge in [0.25, 0.3) is 0 Å². The van der Waals surface area contributed by atoms with Crippen LogP contribution in [0.1, 0.15) is 19.4 Å². The lowest BCUT2D eigenvalue weighted by atomic mass is 9.94. The standard InChI is InChI=1S/C15H16FN3O/c1-15(2,11-6-8-12(16)9-7-11)19-14(20)18-13-5-3-4-10-17-13/h3-10H,1-2H3,(H2,17,18,19,20). The fourth-order valence-electron chi connectivity index (χ4n) is 1.81. The highest BCUT2D eigenvalue weighted by molar-refractivity contribution is 5.88. The van der Waals surface area contributed by atoms with Crippen LogP contribution >= 0.6 is 0 Å². The molecule has 0 saturated heterocycles. The molecule has 0 aliphatic rings. The average molecular weight is 273 g/mol. The van der Waals surface area contributed by atoms with Gasteiger partial charge in [-0.1, -0.05) is 18.2 Å². The summed E-state index contributed by atoms with van der Waals surface area (Å²) < 4.78 is 12.9. The van der Waals surface area contributed by atoms with E-state index in [1.807, 2.05) is 13.8 Å². The summed E-state index contributed by atoms with van der Waals surface area (Å²) in [6.07, 6.45) is 1.60. The van der Waals surface area contributed by atoms with Crippen LogP contribution in [-0.2, 0) is 5.54 Å². The van der Waals surface area contributed by atoms with E-state index in [1.54, 1.807) is 36.5 Å². The first-order valence-electron chi connectivity index (χ1n) is 6.23. The Labute approximate surface area is 117 Å². The minimum atomic E-state index is -0.618. The van der Waals surface area contributed by atoms with Gasteiger partial charge in [-0.3, -0.25) is 5.32 Å². The number of hydrogen-bond acceptors (Lipinski definition) is 2. The van der Waals surface area contributed by atoms with Crippen molar-refractivity contribution in [1.29, 1.82) is 0 Å². The third-order valence-corrected chi connectivity index (χ3v) is 2.90. The number of carbonyl (C=O) groups excluding carboxylic acids is 1. The Bertz CT molecular complexity index is 582. The number of nitrogens with one attached hydrogen (secondary N) is 2. The molecule has 20 heavy (non-hydrogen) atoms. The first kappa shape index (κ1) is 14.0. The second-order valence-electron chi connectivity index (χ2n) is 4.93. The summed E-state index contributed by atoms with van der Waals surface area (Å²) in [5.41, 5.74) is 0.196. The Hall–Kier alpha value is -2.43. The highest BCUT2D eigenvalue weighted by atomic mass is 19.1. The Morgan fingerprint density at radius 3 is 2.45 bits per heavy atom. The van der Waals surface area contributed by atoms with Crippen molar-refractivity contribution in [2.45, 2.75) is 19.4 Å². The molecule has 2 aromatic rings. The van der Waals surface area contributed by atoms with E-state index in [4.69, 9.17) is 0 Å². The molecule has 0 saturated carbocycles. The van der Waals surface area contributed by atoms with Crippen LogP contribution in [0.4, 0.5) is 15.0 Å². The molecule has 0 aliphatic heterocycles. The zero-order valence-corrected chi connectivity index (χ0v) is 11.4. The molecular weight excluding hydrogens is 257 g/mol. The molecule has 0 atom stereocenters. The smallest absolute Gasteiger partial charge is 0.321 e. The highest BCUT2D eigenvalue weighted by Crippen LogP contribution is 2.20. The van der Waals surface area contributed by atoms with Gasteiger partial charge in [-0.25, -0.2) is 14.2 Å². The fraction of sp³-hybridized carbons (Fsp3) is 0.200. The second-order valence-corrected chi connectivity index (χ2v) is 4.93. The molecule has 0 fully saturated rings. The number of amides is 2. The maximum Gasteiger partial charge on any atom is 0.321 e. The van der Waals surface area contributed by atoms with Gasteiger partial charge in [0.1, 0.15) is 11.6 Å². The molecule has 2 rings (SSSR count). The van der Waals surface area contributed by atoms with Gasteiger partial charge < -0.3 is 5.32 Å². The molecule has 104 valence electrons. The molecule has 0 bridgehead atoms. The topological polar surface area (TPSA) is 54.0 Å². The van der Waals surface area contributed by atoms with E-state index in [0.717, 1.165) is 5.56 Å². The van der Waals surface area contributed by atoms with Crippen molar-refractivity contribution in [3.63, 3.8) is 0 Å². The Morgan fingerprint density at radius 1 is 1.15 bits per heavy atom. The van der Waals surface area contributed by atoms with E-state index in [9.17, 15) is 9.18 Å². The van der Waals surface area contributed by atoms with Gasteiger partial charge in [0.2, 0.25) is 0 Å². The largest absolute Gasteiger partial charge is 0.329 e. The van der Waals surface area contributed by atoms with E-state index < -0.39 is 5.54 Å². The zero-order chi connectivity index (χ0) is 14.6. The van der Waals surface area contributed by atoms with E-state index >= 15 is 0 Å². The summed E-state index contributed by atoms with van der Waals surface area (Å²) in [4.78, 5) is 15.9. The molecule has 0 unspecified atom stereocenters. The molecule has 1 aromatic heterocycles. The summed E-state index contributed by atoms with van der Waals surface area (Å²) in [7, 11) is 0. The highest BCUT2D eigenvalue weighted by Gasteiger charge is 2.22. The molecule has 0 spiro atoms. The fourth-order valence-corrected chi connectivity index (χ4v) is 1.81. The Kier molecular flexibility index (Phi) is 3.98. The lowest BCUT2D eigenvalue weighted by Crippen LogP contribution is -2.43. The summed E-state index contributed by atoms with van der Waals surface area (Å²) in [6.45, 7) is 3.69. The molecule has 2 N–H and O–H groups in total. The number of benzene rings is 1. The van der Waals surface area contributed by atoms with Crippen molar-refractivity contribution in [1.82, 2.24) is 10.3 Å². The second kappa shape index (κ2) is 5.69. The minimum absolute atomic E-state index is 0.303. The van der Waals surface area contributed by atoms with Gasteiger partial charge in [-0.2, -0.15) is 0 Å². The molecule has 4 nitrogen and oxygen atoms in total. The molecule has 1 aromatic carbocycles. The molecule has 1 heterocycles. The summed E-state index contributed by atoms with van der Waals surface area (Å²) in [5, 5.41) is 5.47. The normalized spacial score (nSPS) is 10.9. The average Bonchev–Trinajstić information content (AvgIpc) is 2.39. The molecule has 0 aliphatic carbocycles. The lowest BCUT2D eigenvalue weighted by molar-refractivity contribution is 0.242. The van der Waals surface area contributed by atoms with Crippen LogP contribution in [0.2, 0.25) is 0 Å². The number of aromatic nitrogens is 1. The molecule has 0 radical (unpaired) electrons. The predicted molar refractivity (Wildman–Crippen MR) is 75.8 cm³/mol. The maximum atomic E-state index is 12.9. The Balaban J connectivity index is 2.04. The number of nitrogens with zero attached hydrogens (tertiary/aromatic N) is 1. The number of pyridine rings is 1. The zero-order valence-electron chi connectivity index (χ0n) is 11.4. The van der Waals surface area contributed by atoms with Gasteiger partial charge in [-0.05, 0) is 43.7 Å². The van der Waals surface area contributed by atoms with Crippen molar-refractivity contribution in [3.05, 3.63) is 60.0 Å². The van der Waals surface area contributed by atoms with Crippen molar-refractivity contribution in [2.24, 2.45) is 0 Å². The molecule has 5 heteroatoms. The van der Waals surface area contributed by atoms with Crippen molar-refractivity contribution >= 4 is 11.8 Å². The van der Waals surface area contributed by atoms with Crippen LogP contribution in [0.5, 0.6) is 0 Å². The molecule has 2 amide bonds. The third kappa shape index (κ3) is 3.54. The van der Waals surface area contributed by atoms with Gasteiger partial charge >= 0.3 is 6.03 Å². The van der Waals surface area contributed by atoms with Crippen LogP contribution in [0, 0.1) is 5.82 Å². The van der Waals surface area contributed by atoms with Crippen LogP contribution in [0.15, 0.2) is 48.7 Å². The number of anilines is 1. The summed E-state index contributed by atoms with van der Waals surface area (Å²) in [6, 6.07) is 10.9. The number of rotatable bonds is 3. The van der Waals surface area contributed by atoms with E-state index in [0.29, 0.717) is 5.82 Å². The number of hydrogen-bond donors (Lipinski definition) is 2. The quantitative estimate of drug-likeness (QED) is 0.901. The third-order valence-electron chi connectivity index (χ3n) is 2.90. The SMILES string of the molecule is CC(C)(NC(=O)Nc1ccccn1)c1ccc(F)cc1. The van der Waals surface area contributed by atoms with Crippen LogP contribution in [0.3, 0.4) is 0 Å². The van der Waals surface area contributed by atoms with Crippen LogP contribution < -0.4 is 10.6 Å². The Morgan fingerprint density at radius 2 is 1.85 bits per heavy atom. The van der Waals surface area contributed by atoms with Crippen molar-refractivity contribution < 1.29 is 9.18 Å². The van der Waals surface area contributed by atoms with Gasteiger partial charge in [0.15, 0.2) is 0 Å². The predicted octanol–water partition coefficient (Wildman–Crippen LogP) is 3.28. The monoisotopic (exact) mass is 273 g/mol. The summed E-state index contributed by atoms with van der Waals surface area (Å²) in [5.74, 6) is 0.169. The van der Waals surface area contributed by atoms with E-state index in [1.165, 1.54) is 12.1 Å². The van der Waals surface area contributed by atoms with Gasteiger partial charge in [0, 0.05) is 6.20 Å². The summed E-state index contributed by atoms with van der Waals surface area (Å²) >= 11 is 0. The first-order valence-corrected chi connectivity index (χ1v) is 6.23. The minimum Gasteiger partial charge on any atom is -0.329 e. The van der Waals surface area contributed by atoms with E-state index in [2.05, 4.69) is 15.6 Å². The molecular formula is C15H16FN3O. The number of urea groups is 1. The van der Waals surface area contributed by atoms with Crippen molar-refractivity contribution in [2.75, 3.05) is 5.32 Å². The lowest BCUT2D eigenvalue weighted by Gasteiger charge is -2.26. The van der Waals surface area contributed by atoms with Crippen LogP contribution in [0.25, 0.3) is 0 Å². The first-order chi connectivity index (χ1) is 9.47. The van der Waals surface area contributed by atoms with Crippen LogP contribution in [-0.4, -0.2) is 11.0 Å². The maximum absolute atomic E-state index is 12.9.